The number of aromatic hydroxyl groups is 1. The molecular weight excluding hydrogens is 226 g/mol. The van der Waals surface area contributed by atoms with Gasteiger partial charge in [-0.2, -0.15) is 0 Å². The van der Waals surface area contributed by atoms with E-state index in [0.29, 0.717) is 5.69 Å². The predicted molar refractivity (Wildman–Crippen MR) is 52.8 cm³/mol. The second-order valence-corrected chi connectivity index (χ2v) is 3.40. The molecule has 2 heterocycles. The van der Waals surface area contributed by atoms with Crippen molar-refractivity contribution < 1.29 is 19.4 Å². The lowest BCUT2D eigenvalue weighted by Gasteiger charge is -2.02. The quantitative estimate of drug-likeness (QED) is 0.559. The highest BCUT2D eigenvalue weighted by molar-refractivity contribution is 6.12. The highest BCUT2D eigenvalue weighted by Gasteiger charge is 2.37. The van der Waals surface area contributed by atoms with E-state index in [1.165, 1.54) is 12.1 Å². The molecule has 7 heteroatoms. The highest BCUT2D eigenvalue weighted by atomic mass is 16.6. The number of hydrogen-bond acceptors (Lipinski definition) is 6. The van der Waals surface area contributed by atoms with Gasteiger partial charge in [0.05, 0.1) is 5.69 Å². The van der Waals surface area contributed by atoms with Crippen LogP contribution >= 0.6 is 0 Å². The third kappa shape index (κ3) is 1.29. The van der Waals surface area contributed by atoms with Gasteiger partial charge in [0.25, 0.3) is 0 Å². The molecule has 0 amide bonds. The topological polar surface area (TPSA) is 94.3 Å². The van der Waals surface area contributed by atoms with Crippen LogP contribution in [0.5, 0.6) is 5.75 Å². The van der Waals surface area contributed by atoms with Crippen molar-refractivity contribution in [2.24, 2.45) is 0 Å². The third-order valence-electron chi connectivity index (χ3n) is 2.32. The number of carbonyl (C=O) groups is 2. The lowest BCUT2D eigenvalue weighted by Crippen LogP contribution is -2.08. The molecule has 0 bridgehead atoms. The van der Waals surface area contributed by atoms with E-state index in [2.05, 4.69) is 15.0 Å². The first-order chi connectivity index (χ1) is 8.16. The number of esters is 2. The van der Waals surface area contributed by atoms with Gasteiger partial charge in [0.15, 0.2) is 5.69 Å². The Morgan fingerprint density at radius 3 is 2.82 bits per heavy atom. The fraction of sp³-hybridized carbons (Fsp3) is 0. The van der Waals surface area contributed by atoms with E-state index in [1.807, 2.05) is 0 Å². The summed E-state index contributed by atoms with van der Waals surface area (Å²) < 4.78 is 5.56. The number of cyclic esters (lactones) is 2. The van der Waals surface area contributed by atoms with Gasteiger partial charge in [0.2, 0.25) is 5.69 Å². The van der Waals surface area contributed by atoms with Gasteiger partial charge >= 0.3 is 11.9 Å². The van der Waals surface area contributed by atoms with Crippen LogP contribution in [0, 0.1) is 0 Å². The molecule has 3 rings (SSSR count). The Labute approximate surface area is 94.2 Å². The van der Waals surface area contributed by atoms with E-state index >= 15 is 0 Å². The number of nitrogens with zero attached hydrogens (tertiary/aromatic N) is 3. The van der Waals surface area contributed by atoms with Gasteiger partial charge < -0.3 is 9.84 Å². The SMILES string of the molecule is O=C1OC(=O)c2c1nnn2-c1cccc(O)c1. The molecule has 7 nitrogen and oxygen atoms in total. The molecule has 0 saturated heterocycles. The first-order valence-corrected chi connectivity index (χ1v) is 4.68. The first-order valence-electron chi connectivity index (χ1n) is 4.68. The van der Waals surface area contributed by atoms with E-state index < -0.39 is 11.9 Å². The summed E-state index contributed by atoms with van der Waals surface area (Å²) >= 11 is 0. The molecule has 1 aliphatic heterocycles. The molecule has 0 saturated carbocycles. The van der Waals surface area contributed by atoms with Crippen molar-refractivity contribution in [1.29, 1.82) is 0 Å². The van der Waals surface area contributed by atoms with Crippen molar-refractivity contribution in [2.45, 2.75) is 0 Å². The van der Waals surface area contributed by atoms with Crippen LogP contribution in [0.25, 0.3) is 5.69 Å². The van der Waals surface area contributed by atoms with Gasteiger partial charge in [-0.05, 0) is 12.1 Å². The largest absolute Gasteiger partial charge is 0.508 e. The standard InChI is InChI=1S/C10H5N3O4/c14-6-3-1-2-5(4-6)13-8-7(11-12-13)9(15)17-10(8)16/h1-4,14H. The fourth-order valence-corrected chi connectivity index (χ4v) is 1.59. The number of carbonyl (C=O) groups excluding carboxylic acids is 2. The van der Waals surface area contributed by atoms with E-state index in [9.17, 15) is 14.7 Å². The van der Waals surface area contributed by atoms with E-state index in [0.717, 1.165) is 4.68 Å². The molecule has 1 aromatic carbocycles. The lowest BCUT2D eigenvalue weighted by molar-refractivity contribution is 0.0434. The summed E-state index contributed by atoms with van der Waals surface area (Å²) in [4.78, 5) is 22.6. The summed E-state index contributed by atoms with van der Waals surface area (Å²) in [7, 11) is 0. The van der Waals surface area contributed by atoms with E-state index in [1.54, 1.807) is 12.1 Å². The van der Waals surface area contributed by atoms with Crippen molar-refractivity contribution in [1.82, 2.24) is 15.0 Å². The molecule has 0 radical (unpaired) electrons. The number of ether oxygens (including phenoxy) is 1. The molecule has 0 unspecified atom stereocenters. The molecule has 17 heavy (non-hydrogen) atoms. The Morgan fingerprint density at radius 1 is 1.24 bits per heavy atom. The zero-order chi connectivity index (χ0) is 12.0. The zero-order valence-electron chi connectivity index (χ0n) is 8.32. The van der Waals surface area contributed by atoms with Crippen LogP contribution < -0.4 is 0 Å². The predicted octanol–water partition coefficient (Wildman–Crippen LogP) is 0.284. The summed E-state index contributed by atoms with van der Waals surface area (Å²) in [6, 6.07) is 6.07. The molecule has 1 N–H and O–H groups in total. The van der Waals surface area contributed by atoms with Gasteiger partial charge in [0.1, 0.15) is 5.75 Å². The molecule has 2 aromatic rings. The van der Waals surface area contributed by atoms with Crippen molar-refractivity contribution in [3.63, 3.8) is 0 Å². The van der Waals surface area contributed by atoms with Crippen LogP contribution in [0.15, 0.2) is 24.3 Å². The Balaban J connectivity index is 2.21. The minimum atomic E-state index is -0.809. The van der Waals surface area contributed by atoms with Gasteiger partial charge in [-0.15, -0.1) is 5.10 Å². The lowest BCUT2D eigenvalue weighted by atomic mass is 10.3. The Bertz CT molecular complexity index is 647. The number of phenolic OH excluding ortho intramolecular Hbond substituents is 1. The number of rotatable bonds is 1. The van der Waals surface area contributed by atoms with Crippen molar-refractivity contribution >= 4 is 11.9 Å². The van der Waals surface area contributed by atoms with Crippen molar-refractivity contribution in [2.75, 3.05) is 0 Å². The monoisotopic (exact) mass is 231 g/mol. The number of phenols is 1. The summed E-state index contributed by atoms with van der Waals surface area (Å²) in [5.41, 5.74) is 0.282. The molecule has 0 fully saturated rings. The summed E-state index contributed by atoms with van der Waals surface area (Å²) in [5.74, 6) is -1.58. The number of aromatic nitrogens is 3. The Kier molecular flexibility index (Phi) is 1.76. The Hall–Kier alpha value is -2.70. The van der Waals surface area contributed by atoms with Crippen molar-refractivity contribution in [3.8, 4) is 11.4 Å². The summed E-state index contributed by atoms with van der Waals surface area (Å²) in [6.07, 6.45) is 0. The smallest absolute Gasteiger partial charge is 0.369 e. The summed E-state index contributed by atoms with van der Waals surface area (Å²) in [5, 5.41) is 16.6. The van der Waals surface area contributed by atoms with Gasteiger partial charge in [-0.3, -0.25) is 0 Å². The number of fused-ring (bicyclic) bond motifs is 1. The normalized spacial score (nSPS) is 13.6. The van der Waals surface area contributed by atoms with Gasteiger partial charge in [-0.25, -0.2) is 14.3 Å². The van der Waals surface area contributed by atoms with Crippen LogP contribution in [0.3, 0.4) is 0 Å². The van der Waals surface area contributed by atoms with Crippen molar-refractivity contribution in [3.05, 3.63) is 35.7 Å². The molecule has 84 valence electrons. The molecule has 0 spiro atoms. The maximum atomic E-state index is 11.4. The fourth-order valence-electron chi connectivity index (χ4n) is 1.59. The van der Waals surface area contributed by atoms with E-state index in [-0.39, 0.29) is 17.1 Å². The number of hydrogen-bond donors (Lipinski definition) is 1. The second-order valence-electron chi connectivity index (χ2n) is 3.40. The van der Waals surface area contributed by atoms with E-state index in [4.69, 9.17) is 0 Å². The zero-order valence-corrected chi connectivity index (χ0v) is 8.32. The van der Waals surface area contributed by atoms with Crippen LogP contribution in [0.1, 0.15) is 21.0 Å². The van der Waals surface area contributed by atoms with Crippen LogP contribution in [-0.2, 0) is 4.74 Å². The molecule has 1 aliphatic rings. The molecule has 1 aromatic heterocycles. The molecule has 0 aliphatic carbocycles. The average molecular weight is 231 g/mol. The Morgan fingerprint density at radius 2 is 2.06 bits per heavy atom. The highest BCUT2D eigenvalue weighted by Crippen LogP contribution is 2.22. The average Bonchev–Trinajstić information content (AvgIpc) is 2.82. The van der Waals surface area contributed by atoms with Crippen LogP contribution in [0.4, 0.5) is 0 Å². The van der Waals surface area contributed by atoms with Crippen LogP contribution in [-0.4, -0.2) is 32.0 Å². The second kappa shape index (κ2) is 3.14. The summed E-state index contributed by atoms with van der Waals surface area (Å²) in [6.45, 7) is 0. The molecule has 0 atom stereocenters. The minimum Gasteiger partial charge on any atom is -0.508 e. The third-order valence-corrected chi connectivity index (χ3v) is 2.32. The maximum absolute atomic E-state index is 11.4. The van der Waals surface area contributed by atoms with Gasteiger partial charge in [-0.1, -0.05) is 11.3 Å². The molecular formula is C10H5N3O4. The van der Waals surface area contributed by atoms with Gasteiger partial charge in [0, 0.05) is 6.07 Å². The minimum absolute atomic E-state index is 0.0180. The first kappa shape index (κ1) is 9.52. The maximum Gasteiger partial charge on any atom is 0.369 e. The number of benzene rings is 1. The van der Waals surface area contributed by atoms with Crippen LogP contribution in [0.2, 0.25) is 0 Å².